The Morgan fingerprint density at radius 3 is 2.14 bits per heavy atom. The Hall–Kier alpha value is -2.94. The first-order chi connectivity index (χ1) is 13.5. The number of hydrogen-bond acceptors (Lipinski definition) is 5. The minimum absolute atomic E-state index is 0.0232. The monoisotopic (exact) mass is 421 g/mol. The molecular weight excluding hydrogens is 403 g/mol. The van der Waals surface area contributed by atoms with Gasteiger partial charge in [0.1, 0.15) is 5.82 Å². The predicted octanol–water partition coefficient (Wildman–Crippen LogP) is 4.49. The number of nitrogens with zero attached hydrogens (tertiary/aromatic N) is 2. The van der Waals surface area contributed by atoms with Gasteiger partial charge < -0.3 is 5.32 Å². The molecule has 0 amide bonds. The Morgan fingerprint density at radius 2 is 1.59 bits per heavy atom. The van der Waals surface area contributed by atoms with E-state index in [2.05, 4.69) is 15.3 Å². The highest BCUT2D eigenvalue weighted by Crippen LogP contribution is 2.31. The lowest BCUT2D eigenvalue weighted by Gasteiger charge is -2.12. The second-order valence-corrected chi connectivity index (χ2v) is 8.61. The van der Waals surface area contributed by atoms with Crippen molar-refractivity contribution in [3.63, 3.8) is 0 Å². The van der Waals surface area contributed by atoms with Gasteiger partial charge in [-0.1, -0.05) is 29.8 Å². The van der Waals surface area contributed by atoms with Crippen molar-refractivity contribution < 1.29 is 21.6 Å². The smallest absolute Gasteiger partial charge is 0.366 e. The predicted molar refractivity (Wildman–Crippen MR) is 104 cm³/mol. The third-order valence-corrected chi connectivity index (χ3v) is 5.28. The first kappa shape index (κ1) is 20.8. The summed E-state index contributed by atoms with van der Waals surface area (Å²) in [7, 11) is -3.42. The van der Waals surface area contributed by atoms with Crippen LogP contribution < -0.4 is 5.32 Å². The average molecular weight is 421 g/mol. The minimum Gasteiger partial charge on any atom is -0.366 e. The number of benzene rings is 2. The summed E-state index contributed by atoms with van der Waals surface area (Å²) in [6.45, 7) is 2.24. The molecule has 0 radical (unpaired) electrons. The Balaban J connectivity index is 1.94. The van der Waals surface area contributed by atoms with Crippen LogP contribution in [0.5, 0.6) is 0 Å². The molecule has 152 valence electrons. The van der Waals surface area contributed by atoms with E-state index in [1.807, 2.05) is 31.2 Å². The van der Waals surface area contributed by atoms with Gasteiger partial charge >= 0.3 is 6.18 Å². The van der Waals surface area contributed by atoms with Crippen LogP contribution in [0.2, 0.25) is 0 Å². The Labute approximate surface area is 166 Å². The largest absolute Gasteiger partial charge is 0.433 e. The summed E-state index contributed by atoms with van der Waals surface area (Å²) < 4.78 is 63.0. The van der Waals surface area contributed by atoms with Crippen molar-refractivity contribution in [1.29, 1.82) is 0 Å². The maximum Gasteiger partial charge on any atom is 0.433 e. The van der Waals surface area contributed by atoms with E-state index in [0.29, 0.717) is 6.54 Å². The van der Waals surface area contributed by atoms with Crippen molar-refractivity contribution in [2.75, 3.05) is 11.6 Å². The molecule has 3 aromatic rings. The third-order valence-electron chi connectivity index (χ3n) is 4.15. The lowest BCUT2D eigenvalue weighted by Crippen LogP contribution is -2.12. The molecule has 29 heavy (non-hydrogen) atoms. The molecule has 1 heterocycles. The number of hydrogen-bond donors (Lipinski definition) is 1. The Bertz CT molecular complexity index is 1110. The van der Waals surface area contributed by atoms with Gasteiger partial charge in [-0.15, -0.1) is 0 Å². The van der Waals surface area contributed by atoms with Gasteiger partial charge in [-0.25, -0.2) is 18.4 Å². The summed E-state index contributed by atoms with van der Waals surface area (Å²) >= 11 is 0. The van der Waals surface area contributed by atoms with Crippen LogP contribution in [-0.2, 0) is 22.6 Å². The number of nitrogens with one attached hydrogen (secondary N) is 1. The molecule has 1 aromatic heterocycles. The summed E-state index contributed by atoms with van der Waals surface area (Å²) in [6.07, 6.45) is -3.60. The topological polar surface area (TPSA) is 72.0 Å². The molecule has 5 nitrogen and oxygen atoms in total. The van der Waals surface area contributed by atoms with Gasteiger partial charge in [0.25, 0.3) is 0 Å². The highest BCUT2D eigenvalue weighted by molar-refractivity contribution is 7.90. The van der Waals surface area contributed by atoms with Gasteiger partial charge in [0, 0.05) is 24.4 Å². The number of aryl methyl sites for hydroxylation is 1. The molecular formula is C20H18F3N3O2S. The van der Waals surface area contributed by atoms with Crippen molar-refractivity contribution in [2.45, 2.75) is 24.5 Å². The molecule has 0 unspecified atom stereocenters. The van der Waals surface area contributed by atoms with Gasteiger partial charge in [-0.3, -0.25) is 0 Å². The van der Waals surface area contributed by atoms with Crippen LogP contribution in [0.15, 0.2) is 59.5 Å². The molecule has 0 aliphatic rings. The van der Waals surface area contributed by atoms with Crippen LogP contribution >= 0.6 is 0 Å². The Morgan fingerprint density at radius 1 is 0.966 bits per heavy atom. The number of aromatic nitrogens is 2. The molecule has 0 saturated heterocycles. The van der Waals surface area contributed by atoms with E-state index < -0.39 is 21.7 Å². The molecule has 0 aliphatic heterocycles. The summed E-state index contributed by atoms with van der Waals surface area (Å²) in [4.78, 5) is 7.84. The van der Waals surface area contributed by atoms with E-state index >= 15 is 0 Å². The Kier molecular flexibility index (Phi) is 5.61. The number of anilines is 1. The van der Waals surface area contributed by atoms with Crippen LogP contribution in [0.4, 0.5) is 19.0 Å². The zero-order chi connectivity index (χ0) is 21.2. The molecule has 3 rings (SSSR count). The minimum atomic E-state index is -4.65. The lowest BCUT2D eigenvalue weighted by atomic mass is 10.1. The highest BCUT2D eigenvalue weighted by atomic mass is 32.2. The maximum absolute atomic E-state index is 13.3. The normalized spacial score (nSPS) is 12.0. The van der Waals surface area contributed by atoms with Crippen molar-refractivity contribution in [3.8, 4) is 11.4 Å². The SMILES string of the molecule is Cc1ccc(CNc2cc(C(F)(F)F)nc(-c3ccc(S(C)(=O)=O)cc3)n2)cc1. The number of rotatable bonds is 5. The molecule has 9 heteroatoms. The van der Waals surface area contributed by atoms with Crippen LogP contribution in [0.1, 0.15) is 16.8 Å². The van der Waals surface area contributed by atoms with E-state index in [1.165, 1.54) is 24.3 Å². The second-order valence-electron chi connectivity index (χ2n) is 6.60. The van der Waals surface area contributed by atoms with Crippen LogP contribution in [-0.4, -0.2) is 24.6 Å². The quantitative estimate of drug-likeness (QED) is 0.657. The van der Waals surface area contributed by atoms with E-state index in [4.69, 9.17) is 0 Å². The number of alkyl halides is 3. The maximum atomic E-state index is 13.3. The molecule has 1 N–H and O–H groups in total. The van der Waals surface area contributed by atoms with Crippen LogP contribution in [0, 0.1) is 6.92 Å². The average Bonchev–Trinajstić information content (AvgIpc) is 2.66. The van der Waals surface area contributed by atoms with Gasteiger partial charge in [-0.2, -0.15) is 13.2 Å². The first-order valence-electron chi connectivity index (χ1n) is 8.58. The standard InChI is InChI=1S/C20H18F3N3O2S/c1-13-3-5-14(6-4-13)12-24-18-11-17(20(21,22)23)25-19(26-18)15-7-9-16(10-8-15)29(2,27)28/h3-11H,12H2,1-2H3,(H,24,25,26). The molecule has 0 fully saturated rings. The molecule has 2 aromatic carbocycles. The zero-order valence-corrected chi connectivity index (χ0v) is 16.5. The van der Waals surface area contributed by atoms with Crippen molar-refractivity contribution >= 4 is 15.7 Å². The summed E-state index contributed by atoms with van der Waals surface area (Å²) in [5.74, 6) is -0.124. The highest BCUT2D eigenvalue weighted by Gasteiger charge is 2.33. The van der Waals surface area contributed by atoms with Gasteiger partial charge in [0.05, 0.1) is 4.90 Å². The van der Waals surface area contributed by atoms with Gasteiger partial charge in [0.2, 0.25) is 0 Å². The molecule has 0 aliphatic carbocycles. The van der Waals surface area contributed by atoms with Crippen molar-refractivity contribution in [3.05, 3.63) is 71.4 Å². The zero-order valence-electron chi connectivity index (χ0n) is 15.7. The van der Waals surface area contributed by atoms with E-state index in [-0.39, 0.29) is 22.1 Å². The first-order valence-corrected chi connectivity index (χ1v) is 10.5. The number of sulfone groups is 1. The summed E-state index contributed by atoms with van der Waals surface area (Å²) in [5, 5.41) is 2.89. The van der Waals surface area contributed by atoms with Gasteiger partial charge in [0.15, 0.2) is 21.4 Å². The van der Waals surface area contributed by atoms with E-state index in [0.717, 1.165) is 23.4 Å². The van der Waals surface area contributed by atoms with Crippen LogP contribution in [0.3, 0.4) is 0 Å². The fraction of sp³-hybridized carbons (Fsp3) is 0.200. The molecule has 0 spiro atoms. The van der Waals surface area contributed by atoms with Crippen molar-refractivity contribution in [2.24, 2.45) is 0 Å². The third kappa shape index (κ3) is 5.32. The molecule has 0 saturated carbocycles. The van der Waals surface area contributed by atoms with E-state index in [9.17, 15) is 21.6 Å². The van der Waals surface area contributed by atoms with Crippen LogP contribution in [0.25, 0.3) is 11.4 Å². The molecule has 0 atom stereocenters. The molecule has 0 bridgehead atoms. The van der Waals surface area contributed by atoms with Crippen molar-refractivity contribution in [1.82, 2.24) is 9.97 Å². The van der Waals surface area contributed by atoms with E-state index in [1.54, 1.807) is 0 Å². The lowest BCUT2D eigenvalue weighted by molar-refractivity contribution is -0.141. The number of halogens is 3. The fourth-order valence-electron chi connectivity index (χ4n) is 2.56. The van der Waals surface area contributed by atoms with Gasteiger partial charge in [-0.05, 0) is 36.8 Å². The summed E-state index contributed by atoms with van der Waals surface area (Å²) in [6, 6.07) is 13.8. The summed E-state index contributed by atoms with van der Waals surface area (Å²) in [5.41, 5.74) is 1.17. The fourth-order valence-corrected chi connectivity index (χ4v) is 3.19. The second kappa shape index (κ2) is 7.82.